The molecule has 0 radical (unpaired) electrons. The molecule has 1 rings (SSSR count). The molecule has 0 N–H and O–H groups in total. The summed E-state index contributed by atoms with van der Waals surface area (Å²) < 4.78 is 0. The van der Waals surface area contributed by atoms with Crippen LogP contribution in [0.15, 0.2) is 0 Å². The third-order valence-corrected chi connectivity index (χ3v) is 6.13. The third-order valence-electron chi connectivity index (χ3n) is 6.13. The van der Waals surface area contributed by atoms with Gasteiger partial charge in [-0.15, -0.1) is 0 Å². The Morgan fingerprint density at radius 1 is 0.950 bits per heavy atom. The van der Waals surface area contributed by atoms with Crippen LogP contribution in [0.3, 0.4) is 0 Å². The summed E-state index contributed by atoms with van der Waals surface area (Å²) in [5, 5.41) is 0. The van der Waals surface area contributed by atoms with Crippen molar-refractivity contribution in [1.29, 1.82) is 0 Å². The zero-order chi connectivity index (χ0) is 15.8. The summed E-state index contributed by atoms with van der Waals surface area (Å²) in [5.74, 6) is 3.74. The highest BCUT2D eigenvalue weighted by Gasteiger charge is 2.36. The molecule has 0 amide bonds. The van der Waals surface area contributed by atoms with Gasteiger partial charge in [0.15, 0.2) is 0 Å². The monoisotopic (exact) mass is 282 g/mol. The minimum absolute atomic E-state index is 0.549. The molecule has 0 aromatic heterocycles. The Morgan fingerprint density at radius 3 is 1.90 bits per heavy atom. The minimum Gasteiger partial charge on any atom is -0.0683 e. The van der Waals surface area contributed by atoms with Gasteiger partial charge in [0.05, 0.1) is 0 Å². The van der Waals surface area contributed by atoms with Crippen LogP contribution in [0.1, 0.15) is 100 Å². The Hall–Kier alpha value is 0. The van der Waals surface area contributed by atoms with E-state index in [-0.39, 0.29) is 0 Å². The van der Waals surface area contributed by atoms with Gasteiger partial charge in [0, 0.05) is 0 Å². The summed E-state index contributed by atoms with van der Waals surface area (Å²) in [4.78, 5) is 0. The van der Waals surface area contributed by atoms with E-state index in [4.69, 9.17) is 0 Å². The van der Waals surface area contributed by atoms with Gasteiger partial charge in [-0.1, -0.05) is 81.1 Å². The SMILES string of the molecule is CC.CCC(C)CCC(C)C(C)(C)C1CCC(C)CC1. The number of rotatable bonds is 6. The highest BCUT2D eigenvalue weighted by Crippen LogP contribution is 2.46. The predicted molar refractivity (Wildman–Crippen MR) is 94.1 cm³/mol. The first-order chi connectivity index (χ1) is 9.37. The lowest BCUT2D eigenvalue weighted by Gasteiger charge is -2.43. The molecule has 1 aliphatic carbocycles. The Bertz CT molecular complexity index is 220. The van der Waals surface area contributed by atoms with Crippen LogP contribution < -0.4 is 0 Å². The van der Waals surface area contributed by atoms with Crippen molar-refractivity contribution in [3.8, 4) is 0 Å². The van der Waals surface area contributed by atoms with Crippen molar-refractivity contribution < 1.29 is 0 Å². The molecule has 0 heterocycles. The zero-order valence-corrected chi connectivity index (χ0v) is 15.8. The van der Waals surface area contributed by atoms with E-state index in [1.807, 2.05) is 13.8 Å². The Kier molecular flexibility index (Phi) is 9.85. The summed E-state index contributed by atoms with van der Waals surface area (Å²) in [5.41, 5.74) is 0.549. The van der Waals surface area contributed by atoms with Crippen LogP contribution in [-0.4, -0.2) is 0 Å². The van der Waals surface area contributed by atoms with Crippen LogP contribution in [0, 0.1) is 29.1 Å². The second-order valence-electron chi connectivity index (χ2n) is 7.77. The molecule has 2 unspecified atom stereocenters. The highest BCUT2D eigenvalue weighted by molar-refractivity contribution is 4.86. The molecule has 0 saturated heterocycles. The predicted octanol–water partition coefficient (Wildman–Crippen LogP) is 7.33. The minimum atomic E-state index is 0.549. The maximum Gasteiger partial charge on any atom is -0.0300 e. The van der Waals surface area contributed by atoms with Crippen LogP contribution in [0.2, 0.25) is 0 Å². The van der Waals surface area contributed by atoms with Gasteiger partial charge in [-0.05, 0) is 48.3 Å². The van der Waals surface area contributed by atoms with Gasteiger partial charge in [0.2, 0.25) is 0 Å². The van der Waals surface area contributed by atoms with E-state index in [0.29, 0.717) is 5.41 Å². The smallest absolute Gasteiger partial charge is 0.0300 e. The standard InChI is InChI=1S/C18H36.C2H6/c1-7-14(2)8-11-16(4)18(5,6)17-12-9-15(3)10-13-17;1-2/h14-17H,7-13H2,1-6H3;1-2H3. The van der Waals surface area contributed by atoms with Crippen molar-refractivity contribution in [2.24, 2.45) is 29.1 Å². The maximum absolute atomic E-state index is 2.54. The van der Waals surface area contributed by atoms with Crippen molar-refractivity contribution >= 4 is 0 Å². The van der Waals surface area contributed by atoms with Crippen LogP contribution in [0.4, 0.5) is 0 Å². The van der Waals surface area contributed by atoms with Gasteiger partial charge in [0.1, 0.15) is 0 Å². The van der Waals surface area contributed by atoms with Crippen LogP contribution in [-0.2, 0) is 0 Å². The van der Waals surface area contributed by atoms with Crippen molar-refractivity contribution in [2.75, 3.05) is 0 Å². The normalized spacial score (nSPS) is 26.4. The van der Waals surface area contributed by atoms with Gasteiger partial charge >= 0.3 is 0 Å². The zero-order valence-electron chi connectivity index (χ0n) is 15.8. The van der Waals surface area contributed by atoms with Crippen molar-refractivity contribution in [3.63, 3.8) is 0 Å². The molecule has 0 spiro atoms. The molecule has 20 heavy (non-hydrogen) atoms. The lowest BCUT2D eigenvalue weighted by atomic mass is 9.62. The molecule has 0 heteroatoms. The summed E-state index contributed by atoms with van der Waals surface area (Å²) >= 11 is 0. The first-order valence-corrected chi connectivity index (χ1v) is 9.37. The van der Waals surface area contributed by atoms with E-state index in [1.165, 1.54) is 44.9 Å². The van der Waals surface area contributed by atoms with Crippen molar-refractivity contribution in [3.05, 3.63) is 0 Å². The molecular formula is C20H42. The van der Waals surface area contributed by atoms with Gasteiger partial charge in [0.25, 0.3) is 0 Å². The summed E-state index contributed by atoms with van der Waals surface area (Å²) in [6, 6.07) is 0. The van der Waals surface area contributed by atoms with Gasteiger partial charge in [-0.25, -0.2) is 0 Å². The average molecular weight is 283 g/mol. The summed E-state index contributed by atoms with van der Waals surface area (Å²) in [6.45, 7) is 18.7. The van der Waals surface area contributed by atoms with Crippen LogP contribution >= 0.6 is 0 Å². The van der Waals surface area contributed by atoms with E-state index in [1.54, 1.807) is 0 Å². The lowest BCUT2D eigenvalue weighted by Crippen LogP contribution is -2.33. The molecule has 2 atom stereocenters. The fourth-order valence-electron chi connectivity index (χ4n) is 3.52. The van der Waals surface area contributed by atoms with Gasteiger partial charge < -0.3 is 0 Å². The molecule has 1 fully saturated rings. The second kappa shape index (κ2) is 9.85. The van der Waals surface area contributed by atoms with Crippen LogP contribution in [0.5, 0.6) is 0 Å². The lowest BCUT2D eigenvalue weighted by molar-refractivity contribution is 0.0720. The third kappa shape index (κ3) is 6.19. The van der Waals surface area contributed by atoms with E-state index in [2.05, 4.69) is 41.5 Å². The molecule has 122 valence electrons. The number of hydrogen-bond acceptors (Lipinski definition) is 0. The van der Waals surface area contributed by atoms with Crippen LogP contribution in [0.25, 0.3) is 0 Å². The molecule has 0 nitrogen and oxygen atoms in total. The molecule has 0 aromatic carbocycles. The molecule has 1 saturated carbocycles. The molecule has 0 bridgehead atoms. The number of hydrogen-bond donors (Lipinski definition) is 0. The molecule has 0 aliphatic heterocycles. The largest absolute Gasteiger partial charge is 0.0683 e. The average Bonchev–Trinajstić information content (AvgIpc) is 2.46. The Morgan fingerprint density at radius 2 is 1.45 bits per heavy atom. The highest BCUT2D eigenvalue weighted by atomic mass is 14.4. The summed E-state index contributed by atoms with van der Waals surface area (Å²) in [7, 11) is 0. The molecular weight excluding hydrogens is 240 g/mol. The Labute approximate surface area is 130 Å². The fourth-order valence-corrected chi connectivity index (χ4v) is 3.52. The fraction of sp³-hybridized carbons (Fsp3) is 1.00. The van der Waals surface area contributed by atoms with E-state index in [0.717, 1.165) is 23.7 Å². The summed E-state index contributed by atoms with van der Waals surface area (Å²) in [6.07, 6.45) is 10.1. The molecule has 0 aromatic rings. The molecule has 1 aliphatic rings. The van der Waals surface area contributed by atoms with Gasteiger partial charge in [-0.2, -0.15) is 0 Å². The first-order valence-electron chi connectivity index (χ1n) is 9.37. The Balaban J connectivity index is 0.00000172. The maximum atomic E-state index is 2.54. The topological polar surface area (TPSA) is 0 Å². The van der Waals surface area contributed by atoms with E-state index >= 15 is 0 Å². The van der Waals surface area contributed by atoms with Gasteiger partial charge in [-0.3, -0.25) is 0 Å². The quantitative estimate of drug-likeness (QED) is 0.478. The van der Waals surface area contributed by atoms with Crippen molar-refractivity contribution in [2.45, 2.75) is 100 Å². The van der Waals surface area contributed by atoms with E-state index in [9.17, 15) is 0 Å². The van der Waals surface area contributed by atoms with E-state index < -0.39 is 0 Å². The second-order valence-corrected chi connectivity index (χ2v) is 7.77. The van der Waals surface area contributed by atoms with Crippen molar-refractivity contribution in [1.82, 2.24) is 0 Å². The first kappa shape index (κ1) is 20.0.